The van der Waals surface area contributed by atoms with Gasteiger partial charge in [-0.1, -0.05) is 26.0 Å². The fourth-order valence-electron chi connectivity index (χ4n) is 2.74. The van der Waals surface area contributed by atoms with Gasteiger partial charge in [-0.15, -0.1) is 12.4 Å². The number of anilines is 1. The van der Waals surface area contributed by atoms with Crippen molar-refractivity contribution in [3.63, 3.8) is 0 Å². The van der Waals surface area contributed by atoms with Crippen molar-refractivity contribution in [3.8, 4) is 0 Å². The van der Waals surface area contributed by atoms with Crippen molar-refractivity contribution in [2.45, 2.75) is 39.5 Å². The van der Waals surface area contributed by atoms with Gasteiger partial charge in [-0.05, 0) is 42.4 Å². The molecule has 1 fully saturated rings. The standard InChI is InChI=1S/C16H24N2O.ClH/c1-3-16(2)9-4-10-18(12-16)15(19)11-13-5-7-14(17)8-6-13;/h5-8H,3-4,9-12,17H2,1-2H3;1H. The Balaban J connectivity index is 0.00000200. The van der Waals surface area contributed by atoms with Crippen LogP contribution >= 0.6 is 12.4 Å². The summed E-state index contributed by atoms with van der Waals surface area (Å²) in [5, 5.41) is 0. The predicted molar refractivity (Wildman–Crippen MR) is 86.0 cm³/mol. The molecule has 0 aromatic heterocycles. The molecule has 1 aromatic rings. The number of rotatable bonds is 3. The van der Waals surface area contributed by atoms with E-state index in [1.807, 2.05) is 29.2 Å². The Kier molecular flexibility index (Phi) is 5.88. The van der Waals surface area contributed by atoms with Crippen LogP contribution in [0.1, 0.15) is 38.7 Å². The van der Waals surface area contributed by atoms with Crippen LogP contribution in [0.25, 0.3) is 0 Å². The van der Waals surface area contributed by atoms with Gasteiger partial charge < -0.3 is 10.6 Å². The van der Waals surface area contributed by atoms with Gasteiger partial charge in [0, 0.05) is 18.8 Å². The van der Waals surface area contributed by atoms with Gasteiger partial charge in [0.15, 0.2) is 0 Å². The number of likely N-dealkylation sites (tertiary alicyclic amines) is 1. The highest BCUT2D eigenvalue weighted by molar-refractivity contribution is 5.85. The topological polar surface area (TPSA) is 46.3 Å². The highest BCUT2D eigenvalue weighted by Crippen LogP contribution is 2.32. The molecule has 2 N–H and O–H groups in total. The number of carbonyl (C=O) groups is 1. The van der Waals surface area contributed by atoms with E-state index >= 15 is 0 Å². The molecular formula is C16H25ClN2O. The summed E-state index contributed by atoms with van der Waals surface area (Å²) in [4.78, 5) is 14.4. The van der Waals surface area contributed by atoms with Crippen LogP contribution in [0.3, 0.4) is 0 Å². The normalized spacial score (nSPS) is 22.2. The number of piperidine rings is 1. The maximum absolute atomic E-state index is 12.4. The van der Waals surface area contributed by atoms with Crippen LogP contribution in [0, 0.1) is 5.41 Å². The average molecular weight is 297 g/mol. The molecule has 1 saturated heterocycles. The van der Waals surface area contributed by atoms with Crippen LogP contribution < -0.4 is 5.73 Å². The summed E-state index contributed by atoms with van der Waals surface area (Å²) >= 11 is 0. The van der Waals surface area contributed by atoms with E-state index in [-0.39, 0.29) is 18.3 Å². The summed E-state index contributed by atoms with van der Waals surface area (Å²) in [6.45, 7) is 6.31. The molecule has 1 atom stereocenters. The lowest BCUT2D eigenvalue weighted by molar-refractivity contribution is -0.133. The first kappa shape index (κ1) is 16.8. The first-order valence-electron chi connectivity index (χ1n) is 7.15. The van der Waals surface area contributed by atoms with Crippen LogP contribution in [-0.4, -0.2) is 23.9 Å². The molecule has 1 unspecified atom stereocenters. The van der Waals surface area contributed by atoms with Gasteiger partial charge in [-0.25, -0.2) is 0 Å². The summed E-state index contributed by atoms with van der Waals surface area (Å²) < 4.78 is 0. The molecule has 0 saturated carbocycles. The molecule has 1 aliphatic heterocycles. The largest absolute Gasteiger partial charge is 0.399 e. The smallest absolute Gasteiger partial charge is 0.227 e. The van der Waals surface area contributed by atoms with Crippen LogP contribution in [0.15, 0.2) is 24.3 Å². The van der Waals surface area contributed by atoms with Crippen LogP contribution in [0.4, 0.5) is 5.69 Å². The van der Waals surface area contributed by atoms with Crippen LogP contribution in [0.5, 0.6) is 0 Å². The van der Waals surface area contributed by atoms with Gasteiger partial charge >= 0.3 is 0 Å². The van der Waals surface area contributed by atoms with Crippen molar-refractivity contribution < 1.29 is 4.79 Å². The summed E-state index contributed by atoms with van der Waals surface area (Å²) in [6, 6.07) is 7.59. The van der Waals surface area contributed by atoms with Crippen molar-refractivity contribution in [1.29, 1.82) is 0 Å². The molecule has 20 heavy (non-hydrogen) atoms. The van der Waals surface area contributed by atoms with Crippen LogP contribution in [-0.2, 0) is 11.2 Å². The van der Waals surface area contributed by atoms with E-state index in [2.05, 4.69) is 13.8 Å². The number of nitrogen functional groups attached to an aromatic ring is 1. The zero-order valence-electron chi connectivity index (χ0n) is 12.4. The van der Waals surface area contributed by atoms with Gasteiger partial charge in [-0.2, -0.15) is 0 Å². The minimum absolute atomic E-state index is 0. The average Bonchev–Trinajstić information content (AvgIpc) is 2.41. The summed E-state index contributed by atoms with van der Waals surface area (Å²) in [7, 11) is 0. The second-order valence-corrected chi connectivity index (χ2v) is 6.00. The first-order valence-corrected chi connectivity index (χ1v) is 7.15. The van der Waals surface area contributed by atoms with Crippen LogP contribution in [0.2, 0.25) is 0 Å². The van der Waals surface area contributed by atoms with E-state index in [1.165, 1.54) is 6.42 Å². The maximum Gasteiger partial charge on any atom is 0.227 e. The Labute approximate surface area is 127 Å². The second kappa shape index (κ2) is 6.98. The number of amides is 1. The third kappa shape index (κ3) is 4.14. The van der Waals surface area contributed by atoms with E-state index in [0.29, 0.717) is 11.8 Å². The molecule has 0 bridgehead atoms. The van der Waals surface area contributed by atoms with Gasteiger partial charge in [0.05, 0.1) is 6.42 Å². The first-order chi connectivity index (χ1) is 9.02. The van der Waals surface area contributed by atoms with Gasteiger partial charge in [0.25, 0.3) is 0 Å². The van der Waals surface area contributed by atoms with E-state index in [0.717, 1.165) is 37.2 Å². The van der Waals surface area contributed by atoms with Crippen molar-refractivity contribution >= 4 is 24.0 Å². The van der Waals surface area contributed by atoms with Gasteiger partial charge in [-0.3, -0.25) is 4.79 Å². The molecule has 0 radical (unpaired) electrons. The number of carbonyl (C=O) groups excluding carboxylic acids is 1. The Morgan fingerprint density at radius 1 is 1.35 bits per heavy atom. The van der Waals surface area contributed by atoms with E-state index in [1.54, 1.807) is 0 Å². The summed E-state index contributed by atoms with van der Waals surface area (Å²) in [5.41, 5.74) is 7.75. The zero-order valence-corrected chi connectivity index (χ0v) is 13.2. The minimum atomic E-state index is 0. The summed E-state index contributed by atoms with van der Waals surface area (Å²) in [6.07, 6.45) is 3.98. The Hall–Kier alpha value is -1.22. The number of hydrogen-bond donors (Lipinski definition) is 1. The molecule has 2 rings (SSSR count). The lowest BCUT2D eigenvalue weighted by atomic mass is 9.79. The highest BCUT2D eigenvalue weighted by Gasteiger charge is 2.31. The van der Waals surface area contributed by atoms with Crippen molar-refractivity contribution in [2.75, 3.05) is 18.8 Å². The molecule has 0 aliphatic carbocycles. The van der Waals surface area contributed by atoms with Crippen molar-refractivity contribution in [3.05, 3.63) is 29.8 Å². The predicted octanol–water partition coefficient (Wildman–Crippen LogP) is 3.27. The van der Waals surface area contributed by atoms with E-state index < -0.39 is 0 Å². The van der Waals surface area contributed by atoms with E-state index in [9.17, 15) is 4.79 Å². The Morgan fingerprint density at radius 3 is 2.60 bits per heavy atom. The van der Waals surface area contributed by atoms with Gasteiger partial charge in [0.1, 0.15) is 0 Å². The van der Waals surface area contributed by atoms with Crippen molar-refractivity contribution in [2.24, 2.45) is 5.41 Å². The molecule has 3 nitrogen and oxygen atoms in total. The number of nitrogens with zero attached hydrogens (tertiary/aromatic N) is 1. The molecule has 112 valence electrons. The lowest BCUT2D eigenvalue weighted by Crippen LogP contribution is -2.45. The fraction of sp³-hybridized carbons (Fsp3) is 0.562. The second-order valence-electron chi connectivity index (χ2n) is 6.00. The highest BCUT2D eigenvalue weighted by atomic mass is 35.5. The fourth-order valence-corrected chi connectivity index (χ4v) is 2.74. The number of halogens is 1. The van der Waals surface area contributed by atoms with Crippen molar-refractivity contribution in [1.82, 2.24) is 4.90 Å². The Morgan fingerprint density at radius 2 is 2.00 bits per heavy atom. The number of nitrogens with two attached hydrogens (primary N) is 1. The van der Waals surface area contributed by atoms with Gasteiger partial charge in [0.2, 0.25) is 5.91 Å². The van der Waals surface area contributed by atoms with E-state index in [4.69, 9.17) is 5.73 Å². The summed E-state index contributed by atoms with van der Waals surface area (Å²) in [5.74, 6) is 0.240. The zero-order chi connectivity index (χ0) is 13.9. The molecule has 0 spiro atoms. The third-order valence-electron chi connectivity index (χ3n) is 4.32. The number of benzene rings is 1. The number of hydrogen-bond acceptors (Lipinski definition) is 2. The minimum Gasteiger partial charge on any atom is -0.399 e. The molecule has 1 heterocycles. The Bertz CT molecular complexity index is 446. The lowest BCUT2D eigenvalue weighted by Gasteiger charge is -2.40. The SMILES string of the molecule is CCC1(C)CCCN(C(=O)Cc2ccc(N)cc2)C1.Cl. The third-order valence-corrected chi connectivity index (χ3v) is 4.32. The molecular weight excluding hydrogens is 272 g/mol. The molecule has 1 aromatic carbocycles. The quantitative estimate of drug-likeness (QED) is 0.870. The molecule has 1 aliphatic rings. The molecule has 1 amide bonds. The molecule has 4 heteroatoms. The maximum atomic E-state index is 12.4. The monoisotopic (exact) mass is 296 g/mol.